The van der Waals surface area contributed by atoms with E-state index >= 15 is 0 Å². The normalized spacial score (nSPS) is 14.7. The lowest BCUT2D eigenvalue weighted by atomic mass is 10.0. The number of benzene rings is 1. The van der Waals surface area contributed by atoms with E-state index in [4.69, 9.17) is 0 Å². The molecule has 1 N–H and O–H groups in total. The lowest BCUT2D eigenvalue weighted by Crippen LogP contribution is -2.23. The van der Waals surface area contributed by atoms with Gasteiger partial charge in [-0.05, 0) is 24.0 Å². The number of anilines is 2. The molecule has 0 fully saturated rings. The average molecular weight is 254 g/mol. The first kappa shape index (κ1) is 12.0. The molecule has 0 saturated heterocycles. The molecule has 0 amide bonds. The lowest BCUT2D eigenvalue weighted by molar-refractivity contribution is 0.753. The summed E-state index contributed by atoms with van der Waals surface area (Å²) in [5.74, 6) is 1.86. The smallest absolute Gasteiger partial charge is 0.134 e. The van der Waals surface area contributed by atoms with Gasteiger partial charge in [0.15, 0.2) is 0 Å². The Labute approximate surface area is 113 Å². The van der Waals surface area contributed by atoms with E-state index in [-0.39, 0.29) is 0 Å². The molecule has 0 aliphatic carbocycles. The molecule has 2 aromatic rings. The summed E-state index contributed by atoms with van der Waals surface area (Å²) in [6.45, 7) is 1.96. The number of aromatic nitrogens is 2. The predicted octanol–water partition coefficient (Wildman–Crippen LogP) is 2.47. The van der Waals surface area contributed by atoms with Gasteiger partial charge in [0.05, 0.1) is 0 Å². The molecular formula is C15H18N4. The second-order valence-corrected chi connectivity index (χ2v) is 4.81. The fraction of sp³-hybridized carbons (Fsp3) is 0.333. The van der Waals surface area contributed by atoms with E-state index in [1.54, 1.807) is 6.33 Å². The first-order valence-corrected chi connectivity index (χ1v) is 6.68. The Bertz CT molecular complexity index is 568. The van der Waals surface area contributed by atoms with Crippen molar-refractivity contribution in [3.63, 3.8) is 0 Å². The summed E-state index contributed by atoms with van der Waals surface area (Å²) in [6.07, 6.45) is 3.94. The Morgan fingerprint density at radius 2 is 2.00 bits per heavy atom. The highest BCUT2D eigenvalue weighted by Gasteiger charge is 2.15. The van der Waals surface area contributed by atoms with Crippen molar-refractivity contribution >= 4 is 11.6 Å². The zero-order valence-corrected chi connectivity index (χ0v) is 11.1. The summed E-state index contributed by atoms with van der Waals surface area (Å²) in [4.78, 5) is 10.9. The van der Waals surface area contributed by atoms with Gasteiger partial charge in [-0.15, -0.1) is 0 Å². The van der Waals surface area contributed by atoms with E-state index in [0.717, 1.165) is 37.6 Å². The molecule has 4 heteroatoms. The van der Waals surface area contributed by atoms with Crippen LogP contribution in [-0.4, -0.2) is 23.6 Å². The lowest BCUT2D eigenvalue weighted by Gasteiger charge is -2.22. The highest BCUT2D eigenvalue weighted by molar-refractivity contribution is 5.49. The molecule has 98 valence electrons. The van der Waals surface area contributed by atoms with Crippen LogP contribution in [0, 0.1) is 0 Å². The van der Waals surface area contributed by atoms with Crippen molar-refractivity contribution in [2.24, 2.45) is 0 Å². The summed E-state index contributed by atoms with van der Waals surface area (Å²) in [7, 11) is 1.88. The second-order valence-electron chi connectivity index (χ2n) is 4.81. The highest BCUT2D eigenvalue weighted by Crippen LogP contribution is 2.23. The van der Waals surface area contributed by atoms with Crippen LogP contribution in [0.15, 0.2) is 36.7 Å². The van der Waals surface area contributed by atoms with Crippen LogP contribution >= 0.6 is 0 Å². The second kappa shape index (κ2) is 5.26. The topological polar surface area (TPSA) is 41.0 Å². The zero-order valence-electron chi connectivity index (χ0n) is 11.1. The largest absolute Gasteiger partial charge is 0.373 e. The van der Waals surface area contributed by atoms with E-state index in [0.29, 0.717) is 0 Å². The minimum Gasteiger partial charge on any atom is -0.373 e. The quantitative estimate of drug-likeness (QED) is 0.894. The van der Waals surface area contributed by atoms with Crippen LogP contribution < -0.4 is 10.2 Å². The van der Waals surface area contributed by atoms with Gasteiger partial charge in [-0.1, -0.05) is 24.3 Å². The first-order valence-electron chi connectivity index (χ1n) is 6.68. The van der Waals surface area contributed by atoms with Crippen molar-refractivity contribution in [3.8, 4) is 0 Å². The van der Waals surface area contributed by atoms with E-state index in [1.165, 1.54) is 11.1 Å². The SMILES string of the molecule is CNc1cc(N2CCCc3ccccc3C2)ncn1. The molecule has 1 aromatic heterocycles. The summed E-state index contributed by atoms with van der Waals surface area (Å²) >= 11 is 0. The minimum atomic E-state index is 0.863. The molecule has 3 rings (SSSR count). The summed E-state index contributed by atoms with van der Waals surface area (Å²) in [6, 6.07) is 10.7. The van der Waals surface area contributed by atoms with Gasteiger partial charge in [0.1, 0.15) is 18.0 Å². The Hall–Kier alpha value is -2.10. The van der Waals surface area contributed by atoms with Crippen molar-refractivity contribution in [1.29, 1.82) is 0 Å². The molecule has 1 aromatic carbocycles. The summed E-state index contributed by atoms with van der Waals surface area (Å²) in [5, 5.41) is 3.06. The maximum atomic E-state index is 4.40. The Morgan fingerprint density at radius 1 is 1.16 bits per heavy atom. The molecule has 4 nitrogen and oxygen atoms in total. The van der Waals surface area contributed by atoms with Crippen molar-refractivity contribution < 1.29 is 0 Å². The van der Waals surface area contributed by atoms with Gasteiger partial charge in [-0.25, -0.2) is 9.97 Å². The van der Waals surface area contributed by atoms with E-state index in [9.17, 15) is 0 Å². The molecule has 1 aliphatic heterocycles. The number of nitrogens with zero attached hydrogens (tertiary/aromatic N) is 3. The van der Waals surface area contributed by atoms with Crippen LogP contribution in [0.25, 0.3) is 0 Å². The molecule has 19 heavy (non-hydrogen) atoms. The van der Waals surface area contributed by atoms with Gasteiger partial charge in [0, 0.05) is 26.2 Å². The minimum absolute atomic E-state index is 0.863. The summed E-state index contributed by atoms with van der Waals surface area (Å²) < 4.78 is 0. The van der Waals surface area contributed by atoms with Gasteiger partial charge in [-0.3, -0.25) is 0 Å². The summed E-state index contributed by atoms with van der Waals surface area (Å²) in [5.41, 5.74) is 2.87. The maximum absolute atomic E-state index is 4.40. The number of fused-ring (bicyclic) bond motifs is 1. The number of hydrogen-bond donors (Lipinski definition) is 1. The van der Waals surface area contributed by atoms with E-state index in [2.05, 4.69) is 44.5 Å². The molecule has 1 aliphatic rings. The Morgan fingerprint density at radius 3 is 2.84 bits per heavy atom. The first-order chi connectivity index (χ1) is 9.36. The third-order valence-electron chi connectivity index (χ3n) is 3.59. The van der Waals surface area contributed by atoms with Gasteiger partial charge < -0.3 is 10.2 Å². The van der Waals surface area contributed by atoms with E-state index in [1.807, 2.05) is 13.1 Å². The van der Waals surface area contributed by atoms with Crippen molar-refractivity contribution in [2.75, 3.05) is 23.8 Å². The van der Waals surface area contributed by atoms with E-state index < -0.39 is 0 Å². The molecular weight excluding hydrogens is 236 g/mol. The maximum Gasteiger partial charge on any atom is 0.134 e. The van der Waals surface area contributed by atoms with Gasteiger partial charge in [-0.2, -0.15) is 0 Å². The van der Waals surface area contributed by atoms with Crippen LogP contribution in [0.5, 0.6) is 0 Å². The van der Waals surface area contributed by atoms with Crippen LogP contribution in [0.4, 0.5) is 11.6 Å². The van der Waals surface area contributed by atoms with Crippen molar-refractivity contribution in [1.82, 2.24) is 9.97 Å². The van der Waals surface area contributed by atoms with Crippen LogP contribution in [0.1, 0.15) is 17.5 Å². The predicted molar refractivity (Wildman–Crippen MR) is 77.4 cm³/mol. The molecule has 0 radical (unpaired) electrons. The van der Waals surface area contributed by atoms with Crippen LogP contribution in [0.2, 0.25) is 0 Å². The standard InChI is InChI=1S/C15H18N4/c1-16-14-9-15(18-11-17-14)19-8-4-7-12-5-2-3-6-13(12)10-19/h2-3,5-6,9,11H,4,7-8,10H2,1H3,(H,16,17,18). The fourth-order valence-corrected chi connectivity index (χ4v) is 2.55. The molecule has 2 heterocycles. The zero-order chi connectivity index (χ0) is 13.1. The van der Waals surface area contributed by atoms with Gasteiger partial charge in [0.2, 0.25) is 0 Å². The van der Waals surface area contributed by atoms with Gasteiger partial charge in [0.25, 0.3) is 0 Å². The molecule has 0 unspecified atom stereocenters. The third kappa shape index (κ3) is 2.52. The number of rotatable bonds is 2. The average Bonchev–Trinajstić information content (AvgIpc) is 2.69. The molecule has 0 spiro atoms. The number of aryl methyl sites for hydroxylation is 1. The fourth-order valence-electron chi connectivity index (χ4n) is 2.55. The number of nitrogens with one attached hydrogen (secondary N) is 1. The van der Waals surface area contributed by atoms with Crippen molar-refractivity contribution in [3.05, 3.63) is 47.8 Å². The van der Waals surface area contributed by atoms with Crippen molar-refractivity contribution in [2.45, 2.75) is 19.4 Å². The molecule has 0 saturated carbocycles. The Kier molecular flexibility index (Phi) is 3.31. The van der Waals surface area contributed by atoms with Crippen LogP contribution in [-0.2, 0) is 13.0 Å². The Balaban J connectivity index is 1.89. The monoisotopic (exact) mass is 254 g/mol. The highest BCUT2D eigenvalue weighted by atomic mass is 15.2. The van der Waals surface area contributed by atoms with Gasteiger partial charge >= 0.3 is 0 Å². The molecule has 0 atom stereocenters. The third-order valence-corrected chi connectivity index (χ3v) is 3.59. The number of hydrogen-bond acceptors (Lipinski definition) is 4. The van der Waals surface area contributed by atoms with Crippen LogP contribution in [0.3, 0.4) is 0 Å². The molecule has 0 bridgehead atoms.